The Morgan fingerprint density at radius 3 is 2.40 bits per heavy atom. The number of esters is 1. The molecule has 0 amide bonds. The first kappa shape index (κ1) is 17.2. The third-order valence-corrected chi connectivity index (χ3v) is 4.51. The average Bonchev–Trinajstić information content (AvgIpc) is 2.39. The molecule has 0 radical (unpaired) electrons. The predicted octanol–water partition coefficient (Wildman–Crippen LogP) is 2.66. The lowest BCUT2D eigenvalue weighted by Crippen LogP contribution is -2.46. The highest BCUT2D eigenvalue weighted by atomic mass is 16.5. The largest absolute Gasteiger partial charge is 0.465 e. The van der Waals surface area contributed by atoms with Crippen LogP contribution in [0.2, 0.25) is 0 Å². The average molecular weight is 283 g/mol. The van der Waals surface area contributed by atoms with Crippen LogP contribution in [0.4, 0.5) is 0 Å². The van der Waals surface area contributed by atoms with Crippen LogP contribution in [0.3, 0.4) is 0 Å². The van der Waals surface area contributed by atoms with Gasteiger partial charge >= 0.3 is 5.97 Å². The molecule has 0 aromatic carbocycles. The Morgan fingerprint density at radius 1 is 1.25 bits per heavy atom. The molecule has 0 saturated heterocycles. The lowest BCUT2D eigenvalue weighted by molar-refractivity contribution is -0.158. The molecule has 4 nitrogen and oxygen atoms in total. The number of hydrogen-bond acceptors (Lipinski definition) is 4. The SMILES string of the molecule is CCOC(=O)C(C)(C)C(=O)CN(C)C1CCCCC1C. The van der Waals surface area contributed by atoms with E-state index in [1.54, 1.807) is 20.8 Å². The zero-order valence-electron chi connectivity index (χ0n) is 13.6. The third-order valence-electron chi connectivity index (χ3n) is 4.51. The van der Waals surface area contributed by atoms with Crippen molar-refractivity contribution in [2.45, 2.75) is 59.4 Å². The van der Waals surface area contributed by atoms with E-state index in [4.69, 9.17) is 4.74 Å². The monoisotopic (exact) mass is 283 g/mol. The minimum Gasteiger partial charge on any atom is -0.465 e. The number of ether oxygens (including phenoxy) is 1. The Labute approximate surface area is 122 Å². The van der Waals surface area contributed by atoms with Gasteiger partial charge in [0.2, 0.25) is 0 Å². The summed E-state index contributed by atoms with van der Waals surface area (Å²) >= 11 is 0. The van der Waals surface area contributed by atoms with Gasteiger partial charge in [-0.3, -0.25) is 14.5 Å². The van der Waals surface area contributed by atoms with E-state index in [-0.39, 0.29) is 5.78 Å². The van der Waals surface area contributed by atoms with Gasteiger partial charge in [0.25, 0.3) is 0 Å². The molecule has 0 aromatic rings. The Bertz CT molecular complexity index is 352. The van der Waals surface area contributed by atoms with Crippen molar-refractivity contribution in [3.63, 3.8) is 0 Å². The molecule has 1 fully saturated rings. The highest BCUT2D eigenvalue weighted by Crippen LogP contribution is 2.28. The maximum atomic E-state index is 12.4. The zero-order chi connectivity index (χ0) is 15.3. The molecule has 1 rings (SSSR count). The molecule has 2 unspecified atom stereocenters. The number of rotatable bonds is 6. The van der Waals surface area contributed by atoms with Gasteiger partial charge in [-0.1, -0.05) is 19.8 Å². The number of carbonyl (C=O) groups excluding carboxylic acids is 2. The molecule has 116 valence electrons. The van der Waals surface area contributed by atoms with Gasteiger partial charge in [-0.15, -0.1) is 0 Å². The molecule has 20 heavy (non-hydrogen) atoms. The molecule has 2 atom stereocenters. The Balaban J connectivity index is 2.62. The van der Waals surface area contributed by atoms with E-state index in [9.17, 15) is 9.59 Å². The fourth-order valence-electron chi connectivity index (χ4n) is 2.92. The van der Waals surface area contributed by atoms with Gasteiger partial charge in [0.05, 0.1) is 13.2 Å². The van der Waals surface area contributed by atoms with Gasteiger partial charge in [-0.2, -0.15) is 0 Å². The van der Waals surface area contributed by atoms with E-state index >= 15 is 0 Å². The maximum absolute atomic E-state index is 12.4. The minimum absolute atomic E-state index is 0.0591. The van der Waals surface area contributed by atoms with Crippen LogP contribution in [-0.4, -0.2) is 42.9 Å². The van der Waals surface area contributed by atoms with Crippen LogP contribution in [0.15, 0.2) is 0 Å². The number of likely N-dealkylation sites (N-methyl/N-ethyl adjacent to an activating group) is 1. The Morgan fingerprint density at radius 2 is 1.85 bits per heavy atom. The van der Waals surface area contributed by atoms with Crippen molar-refractivity contribution in [1.29, 1.82) is 0 Å². The Hall–Kier alpha value is -0.900. The van der Waals surface area contributed by atoms with Crippen LogP contribution < -0.4 is 0 Å². The van der Waals surface area contributed by atoms with Crippen LogP contribution in [0.25, 0.3) is 0 Å². The molecule has 0 N–H and O–H groups in total. The van der Waals surface area contributed by atoms with E-state index in [1.807, 2.05) is 7.05 Å². The van der Waals surface area contributed by atoms with Crippen LogP contribution in [0.5, 0.6) is 0 Å². The van der Waals surface area contributed by atoms with Crippen LogP contribution in [0.1, 0.15) is 53.4 Å². The molecular weight excluding hydrogens is 254 g/mol. The maximum Gasteiger partial charge on any atom is 0.319 e. The van der Waals surface area contributed by atoms with Crippen molar-refractivity contribution < 1.29 is 14.3 Å². The number of carbonyl (C=O) groups is 2. The van der Waals surface area contributed by atoms with Gasteiger partial charge in [0.1, 0.15) is 5.41 Å². The van der Waals surface area contributed by atoms with Gasteiger partial charge in [0, 0.05) is 6.04 Å². The second kappa shape index (κ2) is 7.21. The molecule has 0 bridgehead atoms. The van der Waals surface area contributed by atoms with Crippen molar-refractivity contribution in [2.24, 2.45) is 11.3 Å². The summed E-state index contributed by atoms with van der Waals surface area (Å²) in [4.78, 5) is 26.4. The molecule has 0 aromatic heterocycles. The smallest absolute Gasteiger partial charge is 0.319 e. The highest BCUT2D eigenvalue weighted by molar-refractivity contribution is 6.03. The summed E-state index contributed by atoms with van der Waals surface area (Å²) in [5.74, 6) is 0.138. The summed E-state index contributed by atoms with van der Waals surface area (Å²) in [5.41, 5.74) is -1.05. The normalized spacial score (nSPS) is 23.7. The van der Waals surface area contributed by atoms with Gasteiger partial charge < -0.3 is 4.74 Å². The molecule has 0 heterocycles. The van der Waals surface area contributed by atoms with E-state index in [0.717, 1.165) is 6.42 Å². The fourth-order valence-corrected chi connectivity index (χ4v) is 2.92. The van der Waals surface area contributed by atoms with Gasteiger partial charge in [-0.05, 0) is 46.6 Å². The number of Topliss-reactive ketones (excluding diaryl/α,β-unsaturated/α-hetero) is 1. The summed E-state index contributed by atoms with van der Waals surface area (Å²) in [6.07, 6.45) is 4.89. The highest BCUT2D eigenvalue weighted by Gasteiger charge is 2.38. The lowest BCUT2D eigenvalue weighted by Gasteiger charge is -2.37. The standard InChI is InChI=1S/C16H29NO3/c1-6-20-15(19)16(3,4)14(18)11-17(5)13-10-8-7-9-12(13)2/h12-13H,6-11H2,1-5H3. The summed E-state index contributed by atoms with van der Waals surface area (Å²) in [5, 5.41) is 0. The molecule has 1 saturated carbocycles. The lowest BCUT2D eigenvalue weighted by atomic mass is 9.83. The van der Waals surface area contributed by atoms with E-state index in [2.05, 4.69) is 11.8 Å². The first-order chi connectivity index (χ1) is 9.30. The first-order valence-electron chi connectivity index (χ1n) is 7.71. The topological polar surface area (TPSA) is 46.6 Å². The quantitative estimate of drug-likeness (QED) is 0.555. The molecule has 4 heteroatoms. The zero-order valence-corrected chi connectivity index (χ0v) is 13.6. The van der Waals surface area contributed by atoms with E-state index in [0.29, 0.717) is 25.1 Å². The third kappa shape index (κ3) is 4.05. The summed E-state index contributed by atoms with van der Waals surface area (Å²) in [6.45, 7) is 7.96. The van der Waals surface area contributed by atoms with Crippen LogP contribution >= 0.6 is 0 Å². The first-order valence-corrected chi connectivity index (χ1v) is 7.71. The summed E-state index contributed by atoms with van der Waals surface area (Å²) in [7, 11) is 1.99. The molecule has 0 aliphatic heterocycles. The number of nitrogens with zero attached hydrogens (tertiary/aromatic N) is 1. The molecule has 1 aliphatic rings. The van der Waals surface area contributed by atoms with Crippen LogP contribution in [-0.2, 0) is 14.3 Å². The van der Waals surface area contributed by atoms with Crippen molar-refractivity contribution in [1.82, 2.24) is 4.90 Å². The van der Waals surface area contributed by atoms with E-state index in [1.165, 1.54) is 19.3 Å². The van der Waals surface area contributed by atoms with Gasteiger partial charge in [-0.25, -0.2) is 0 Å². The van der Waals surface area contributed by atoms with Crippen molar-refractivity contribution in [3.8, 4) is 0 Å². The van der Waals surface area contributed by atoms with Crippen molar-refractivity contribution in [3.05, 3.63) is 0 Å². The van der Waals surface area contributed by atoms with Gasteiger partial charge in [0.15, 0.2) is 5.78 Å². The van der Waals surface area contributed by atoms with Crippen molar-refractivity contribution in [2.75, 3.05) is 20.2 Å². The molecule has 0 spiro atoms. The predicted molar refractivity (Wildman–Crippen MR) is 79.5 cm³/mol. The number of hydrogen-bond donors (Lipinski definition) is 0. The van der Waals surface area contributed by atoms with E-state index < -0.39 is 11.4 Å². The molecule has 1 aliphatic carbocycles. The second-order valence-corrected chi connectivity index (χ2v) is 6.51. The summed E-state index contributed by atoms with van der Waals surface area (Å²) in [6, 6.07) is 0.450. The molecular formula is C16H29NO3. The number of ketones is 1. The summed E-state index contributed by atoms with van der Waals surface area (Å²) < 4.78 is 5.00. The fraction of sp³-hybridized carbons (Fsp3) is 0.875. The van der Waals surface area contributed by atoms with Crippen molar-refractivity contribution >= 4 is 11.8 Å². The second-order valence-electron chi connectivity index (χ2n) is 6.51. The van der Waals surface area contributed by atoms with Crippen LogP contribution in [0, 0.1) is 11.3 Å². The minimum atomic E-state index is -1.05. The Kier molecular flexibility index (Phi) is 6.18.